The highest BCUT2D eigenvalue weighted by Gasteiger charge is 2.67. The van der Waals surface area contributed by atoms with E-state index in [1.165, 1.54) is 25.7 Å². The van der Waals surface area contributed by atoms with Gasteiger partial charge in [-0.3, -0.25) is 0 Å². The molecule has 0 radical (unpaired) electrons. The SMILES string of the molecule is C[Si](C)(C)OC12CCC3CC3C1C2. The molecule has 3 aliphatic carbocycles. The molecule has 0 N–H and O–H groups in total. The molecule has 3 aliphatic rings. The van der Waals surface area contributed by atoms with Crippen LogP contribution in [0.4, 0.5) is 0 Å². The van der Waals surface area contributed by atoms with E-state index in [-0.39, 0.29) is 0 Å². The molecule has 0 aromatic rings. The molecule has 3 rings (SSSR count). The second kappa shape index (κ2) is 2.22. The zero-order valence-electron chi connectivity index (χ0n) is 8.97. The summed E-state index contributed by atoms with van der Waals surface area (Å²) in [6.07, 6.45) is 5.77. The first-order valence-corrected chi connectivity index (χ1v) is 9.11. The van der Waals surface area contributed by atoms with E-state index < -0.39 is 8.32 Å². The van der Waals surface area contributed by atoms with Crippen molar-refractivity contribution in [1.29, 1.82) is 0 Å². The molecule has 0 spiro atoms. The minimum Gasteiger partial charge on any atom is -0.412 e. The quantitative estimate of drug-likeness (QED) is 0.617. The Hall–Kier alpha value is 0.177. The lowest BCUT2D eigenvalue weighted by Crippen LogP contribution is -2.36. The zero-order valence-corrected chi connectivity index (χ0v) is 9.97. The predicted octanol–water partition coefficient (Wildman–Crippen LogP) is 3.03. The standard InChI is InChI=1S/C11H20OSi/c1-13(2,3)12-11-5-4-8-6-9(8)10(11)7-11/h8-10H,4-7H2,1-3H3. The van der Waals surface area contributed by atoms with Crippen LogP contribution in [0.15, 0.2) is 0 Å². The third-order valence-electron chi connectivity index (χ3n) is 4.02. The molecule has 0 saturated heterocycles. The van der Waals surface area contributed by atoms with Gasteiger partial charge in [-0.25, -0.2) is 0 Å². The number of hydrogen-bond donors (Lipinski definition) is 0. The number of fused-ring (bicyclic) bond motifs is 3. The van der Waals surface area contributed by atoms with E-state index >= 15 is 0 Å². The fraction of sp³-hybridized carbons (Fsp3) is 1.00. The second-order valence-electron chi connectivity index (χ2n) is 6.29. The molecular formula is C11H20OSi. The van der Waals surface area contributed by atoms with Crippen LogP contribution in [0, 0.1) is 17.8 Å². The topological polar surface area (TPSA) is 9.23 Å². The molecule has 0 aromatic carbocycles. The van der Waals surface area contributed by atoms with E-state index in [1.54, 1.807) is 0 Å². The number of hydrogen-bond acceptors (Lipinski definition) is 1. The van der Waals surface area contributed by atoms with Gasteiger partial charge >= 0.3 is 0 Å². The minimum absolute atomic E-state index is 0.405. The van der Waals surface area contributed by atoms with Crippen molar-refractivity contribution in [1.82, 2.24) is 0 Å². The summed E-state index contributed by atoms with van der Waals surface area (Å²) in [5.74, 6) is 3.19. The largest absolute Gasteiger partial charge is 0.412 e. The summed E-state index contributed by atoms with van der Waals surface area (Å²) in [6.45, 7) is 6.99. The highest BCUT2D eigenvalue weighted by Crippen LogP contribution is 2.69. The molecule has 0 aromatic heterocycles. The van der Waals surface area contributed by atoms with Crippen molar-refractivity contribution in [3.63, 3.8) is 0 Å². The van der Waals surface area contributed by atoms with E-state index in [0.29, 0.717) is 5.60 Å². The van der Waals surface area contributed by atoms with Gasteiger partial charge in [0.1, 0.15) is 0 Å². The van der Waals surface area contributed by atoms with Crippen molar-refractivity contribution in [3.8, 4) is 0 Å². The molecular weight excluding hydrogens is 176 g/mol. The Kier molecular flexibility index (Phi) is 1.45. The summed E-state index contributed by atoms with van der Waals surface area (Å²) in [5.41, 5.74) is 0.405. The molecule has 1 nitrogen and oxygen atoms in total. The smallest absolute Gasteiger partial charge is 0.184 e. The first kappa shape index (κ1) is 8.48. The zero-order chi connectivity index (χ0) is 9.27. The maximum atomic E-state index is 6.38. The van der Waals surface area contributed by atoms with Gasteiger partial charge < -0.3 is 4.43 Å². The van der Waals surface area contributed by atoms with Crippen LogP contribution in [0.2, 0.25) is 19.6 Å². The van der Waals surface area contributed by atoms with Crippen molar-refractivity contribution >= 4 is 8.32 Å². The molecule has 4 atom stereocenters. The molecule has 74 valence electrons. The summed E-state index contributed by atoms with van der Waals surface area (Å²) >= 11 is 0. The Morgan fingerprint density at radius 2 is 2.08 bits per heavy atom. The van der Waals surface area contributed by atoms with Gasteiger partial charge in [-0.05, 0) is 63.1 Å². The molecule has 3 saturated carbocycles. The molecule has 3 fully saturated rings. The molecule has 4 unspecified atom stereocenters. The van der Waals surface area contributed by atoms with Crippen LogP contribution in [0.25, 0.3) is 0 Å². The van der Waals surface area contributed by atoms with Crippen LogP contribution in [0.5, 0.6) is 0 Å². The summed E-state index contributed by atoms with van der Waals surface area (Å²) in [7, 11) is -1.29. The van der Waals surface area contributed by atoms with Crippen molar-refractivity contribution in [2.24, 2.45) is 17.8 Å². The molecule has 0 aliphatic heterocycles. The maximum absolute atomic E-state index is 6.38. The van der Waals surface area contributed by atoms with E-state index in [9.17, 15) is 0 Å². The van der Waals surface area contributed by atoms with Crippen LogP contribution in [-0.2, 0) is 4.43 Å². The Labute approximate surface area is 82.0 Å². The second-order valence-corrected chi connectivity index (χ2v) is 10.7. The molecule has 0 heterocycles. The normalized spacial score (nSPS) is 52.4. The molecule has 2 heteroatoms. The van der Waals surface area contributed by atoms with E-state index in [0.717, 1.165) is 17.8 Å². The third kappa shape index (κ3) is 1.30. The monoisotopic (exact) mass is 196 g/mol. The Morgan fingerprint density at radius 3 is 2.77 bits per heavy atom. The summed E-state index contributed by atoms with van der Waals surface area (Å²) in [5, 5.41) is 0. The van der Waals surface area contributed by atoms with Gasteiger partial charge in [0.25, 0.3) is 0 Å². The van der Waals surface area contributed by atoms with Crippen LogP contribution in [0.3, 0.4) is 0 Å². The third-order valence-corrected chi connectivity index (χ3v) is 5.04. The lowest BCUT2D eigenvalue weighted by atomic mass is 9.98. The average Bonchev–Trinajstić information content (AvgIpc) is 2.69. The van der Waals surface area contributed by atoms with Gasteiger partial charge in [0.2, 0.25) is 0 Å². The average molecular weight is 196 g/mol. The van der Waals surface area contributed by atoms with E-state index in [1.807, 2.05) is 0 Å². The highest BCUT2D eigenvalue weighted by molar-refractivity contribution is 6.69. The van der Waals surface area contributed by atoms with Crippen molar-refractivity contribution in [2.45, 2.75) is 50.9 Å². The van der Waals surface area contributed by atoms with Gasteiger partial charge in [0.05, 0.1) is 5.60 Å². The molecule has 0 bridgehead atoms. The Bertz CT molecular complexity index is 245. The lowest BCUT2D eigenvalue weighted by Gasteiger charge is -2.29. The Morgan fingerprint density at radius 1 is 1.31 bits per heavy atom. The maximum Gasteiger partial charge on any atom is 0.184 e. The predicted molar refractivity (Wildman–Crippen MR) is 56.1 cm³/mol. The highest BCUT2D eigenvalue weighted by atomic mass is 28.4. The lowest BCUT2D eigenvalue weighted by molar-refractivity contribution is 0.117. The van der Waals surface area contributed by atoms with Crippen molar-refractivity contribution in [3.05, 3.63) is 0 Å². The van der Waals surface area contributed by atoms with Crippen LogP contribution < -0.4 is 0 Å². The van der Waals surface area contributed by atoms with Gasteiger partial charge in [0.15, 0.2) is 8.32 Å². The van der Waals surface area contributed by atoms with E-state index in [4.69, 9.17) is 4.43 Å². The summed E-state index contributed by atoms with van der Waals surface area (Å²) in [4.78, 5) is 0. The van der Waals surface area contributed by atoms with Gasteiger partial charge in [-0.1, -0.05) is 0 Å². The van der Waals surface area contributed by atoms with Crippen LogP contribution in [0.1, 0.15) is 25.7 Å². The van der Waals surface area contributed by atoms with Gasteiger partial charge in [0, 0.05) is 0 Å². The first-order valence-electron chi connectivity index (χ1n) is 5.70. The summed E-state index contributed by atoms with van der Waals surface area (Å²) < 4.78 is 6.38. The van der Waals surface area contributed by atoms with Gasteiger partial charge in [-0.15, -0.1) is 0 Å². The molecule has 13 heavy (non-hydrogen) atoms. The van der Waals surface area contributed by atoms with Crippen molar-refractivity contribution in [2.75, 3.05) is 0 Å². The van der Waals surface area contributed by atoms with E-state index in [2.05, 4.69) is 19.6 Å². The fourth-order valence-electron chi connectivity index (χ4n) is 3.45. The van der Waals surface area contributed by atoms with Gasteiger partial charge in [-0.2, -0.15) is 0 Å². The molecule has 0 amide bonds. The Balaban J connectivity index is 1.71. The fourth-order valence-corrected chi connectivity index (χ4v) is 5.00. The first-order chi connectivity index (χ1) is 6.00. The van der Waals surface area contributed by atoms with Crippen molar-refractivity contribution < 1.29 is 4.43 Å². The minimum atomic E-state index is -1.29. The summed E-state index contributed by atoms with van der Waals surface area (Å²) in [6, 6.07) is 0. The number of rotatable bonds is 2. The van der Waals surface area contributed by atoms with Crippen LogP contribution in [-0.4, -0.2) is 13.9 Å². The van der Waals surface area contributed by atoms with Crippen LogP contribution >= 0.6 is 0 Å².